The summed E-state index contributed by atoms with van der Waals surface area (Å²) in [6, 6.07) is 1.48. The van der Waals surface area contributed by atoms with Crippen LogP contribution in [-0.2, 0) is 9.59 Å². The highest BCUT2D eigenvalue weighted by atomic mass is 35.5. The molecule has 2 N–H and O–H groups in total. The maximum atomic E-state index is 11.0. The van der Waals surface area contributed by atoms with Crippen molar-refractivity contribution in [3.63, 3.8) is 0 Å². The topological polar surface area (TPSA) is 84.9 Å². The highest BCUT2D eigenvalue weighted by Gasteiger charge is 2.18. The zero-order chi connectivity index (χ0) is 11.2. The second kappa shape index (κ2) is 3.13. The van der Waals surface area contributed by atoms with Gasteiger partial charge in [0.05, 0.1) is 11.0 Å². The minimum Gasteiger partial charge on any atom is -0.397 e. The van der Waals surface area contributed by atoms with E-state index in [-0.39, 0.29) is 16.4 Å². The SMILES string of the molecule is Cc1c(Cl)cc(N)c2c1=NC(=O)C(=O)N=2. The predicted molar refractivity (Wildman–Crippen MR) is 52.9 cm³/mol. The molecule has 0 bridgehead atoms. The number of halogens is 1. The zero-order valence-electron chi connectivity index (χ0n) is 7.74. The third kappa shape index (κ3) is 1.41. The molecule has 2 rings (SSSR count). The summed E-state index contributed by atoms with van der Waals surface area (Å²) in [6.45, 7) is 1.68. The first-order valence-corrected chi connectivity index (χ1v) is 4.49. The monoisotopic (exact) mass is 223 g/mol. The summed E-state index contributed by atoms with van der Waals surface area (Å²) >= 11 is 5.86. The Bertz CT molecular complexity index is 607. The molecule has 0 saturated carbocycles. The quantitative estimate of drug-likeness (QED) is 0.477. The zero-order valence-corrected chi connectivity index (χ0v) is 8.50. The standard InChI is InChI=1S/C9H6ClN3O2/c1-3-4(10)2-5(11)7-6(3)12-8(14)9(15)13-7/h2H,11H2,1H3. The normalized spacial score (nSPS) is 14.3. The van der Waals surface area contributed by atoms with Gasteiger partial charge in [-0.15, -0.1) is 0 Å². The van der Waals surface area contributed by atoms with Gasteiger partial charge in [0.15, 0.2) is 0 Å². The Morgan fingerprint density at radius 3 is 2.33 bits per heavy atom. The molecule has 0 spiro atoms. The van der Waals surface area contributed by atoms with E-state index in [1.165, 1.54) is 6.07 Å². The molecule has 15 heavy (non-hydrogen) atoms. The molecular weight excluding hydrogens is 218 g/mol. The number of nitrogen functional groups attached to an aromatic ring is 1. The minimum absolute atomic E-state index is 0.224. The number of fused-ring (bicyclic) bond motifs is 1. The summed E-state index contributed by atoms with van der Waals surface area (Å²) in [4.78, 5) is 29.2. The van der Waals surface area contributed by atoms with Crippen molar-refractivity contribution in [1.82, 2.24) is 0 Å². The van der Waals surface area contributed by atoms with Gasteiger partial charge in [-0.05, 0) is 18.6 Å². The third-order valence-electron chi connectivity index (χ3n) is 2.10. The fraction of sp³-hybridized carbons (Fsp3) is 0.111. The number of carbonyl (C=O) groups is 2. The molecular formula is C9H6ClN3O2. The number of rotatable bonds is 0. The van der Waals surface area contributed by atoms with E-state index in [4.69, 9.17) is 17.3 Å². The molecule has 0 fully saturated rings. The van der Waals surface area contributed by atoms with Crippen molar-refractivity contribution in [3.8, 4) is 0 Å². The minimum atomic E-state index is -0.907. The molecule has 0 atom stereocenters. The van der Waals surface area contributed by atoms with E-state index in [2.05, 4.69) is 9.98 Å². The van der Waals surface area contributed by atoms with Crippen molar-refractivity contribution < 1.29 is 9.59 Å². The van der Waals surface area contributed by atoms with E-state index < -0.39 is 11.8 Å². The predicted octanol–water partition coefficient (Wildman–Crippen LogP) is -0.463. The number of carbonyl (C=O) groups excluding carboxylic acids is 2. The maximum Gasteiger partial charge on any atom is 0.338 e. The number of nitrogens with two attached hydrogens (primary N) is 1. The number of hydrogen-bond acceptors (Lipinski definition) is 3. The highest BCUT2D eigenvalue weighted by molar-refractivity contribution is 6.36. The van der Waals surface area contributed by atoms with Crippen molar-refractivity contribution in [2.45, 2.75) is 6.92 Å². The number of benzene rings is 1. The van der Waals surface area contributed by atoms with Gasteiger partial charge in [0, 0.05) is 5.02 Å². The Morgan fingerprint density at radius 1 is 1.20 bits per heavy atom. The number of nitrogens with zero attached hydrogens (tertiary/aromatic N) is 2. The molecule has 0 aliphatic carbocycles. The van der Waals surface area contributed by atoms with Gasteiger partial charge in [-0.3, -0.25) is 9.59 Å². The Morgan fingerprint density at radius 2 is 1.73 bits per heavy atom. The highest BCUT2D eigenvalue weighted by Crippen LogP contribution is 2.12. The van der Waals surface area contributed by atoms with Gasteiger partial charge in [-0.1, -0.05) is 11.6 Å². The van der Waals surface area contributed by atoms with Gasteiger partial charge in [0.2, 0.25) is 0 Å². The lowest BCUT2D eigenvalue weighted by Gasteiger charge is -2.04. The van der Waals surface area contributed by atoms with Crippen molar-refractivity contribution in [2.24, 2.45) is 9.98 Å². The van der Waals surface area contributed by atoms with Crippen LogP contribution in [0.1, 0.15) is 5.56 Å². The third-order valence-corrected chi connectivity index (χ3v) is 2.50. The van der Waals surface area contributed by atoms with Crippen LogP contribution in [0.5, 0.6) is 0 Å². The molecule has 1 heterocycles. The average Bonchev–Trinajstić information content (AvgIpc) is 2.18. The van der Waals surface area contributed by atoms with Crippen LogP contribution in [-0.4, -0.2) is 11.8 Å². The van der Waals surface area contributed by atoms with Crippen LogP contribution in [0.15, 0.2) is 16.1 Å². The first-order chi connectivity index (χ1) is 7.00. The van der Waals surface area contributed by atoms with E-state index in [1.54, 1.807) is 6.92 Å². The van der Waals surface area contributed by atoms with E-state index >= 15 is 0 Å². The van der Waals surface area contributed by atoms with Gasteiger partial charge in [-0.2, -0.15) is 0 Å². The van der Waals surface area contributed by atoms with Gasteiger partial charge in [0.1, 0.15) is 5.36 Å². The molecule has 0 radical (unpaired) electrons. The van der Waals surface area contributed by atoms with E-state index in [1.807, 2.05) is 0 Å². The summed E-state index contributed by atoms with van der Waals surface area (Å²) in [5, 5.41) is 0.901. The fourth-order valence-corrected chi connectivity index (χ4v) is 1.50. The van der Waals surface area contributed by atoms with Crippen LogP contribution >= 0.6 is 11.6 Å². The summed E-state index contributed by atoms with van der Waals surface area (Å²) in [6.07, 6.45) is 0. The molecule has 76 valence electrons. The van der Waals surface area contributed by atoms with Crippen LogP contribution in [0.2, 0.25) is 5.02 Å². The molecule has 1 aliphatic heterocycles. The number of anilines is 1. The van der Waals surface area contributed by atoms with E-state index in [0.717, 1.165) is 0 Å². The van der Waals surface area contributed by atoms with Crippen molar-refractivity contribution in [3.05, 3.63) is 27.4 Å². The van der Waals surface area contributed by atoms with Crippen molar-refractivity contribution in [2.75, 3.05) is 5.73 Å². The molecule has 0 saturated heterocycles. The summed E-state index contributed by atoms with van der Waals surface area (Å²) in [7, 11) is 0. The second-order valence-electron chi connectivity index (χ2n) is 3.10. The smallest absolute Gasteiger partial charge is 0.338 e. The second-order valence-corrected chi connectivity index (χ2v) is 3.51. The van der Waals surface area contributed by atoms with E-state index in [9.17, 15) is 9.59 Å². The Balaban J connectivity index is 3.01. The number of amides is 2. The Hall–Kier alpha value is -1.75. The lowest BCUT2D eigenvalue weighted by Crippen LogP contribution is -2.38. The van der Waals surface area contributed by atoms with Crippen molar-refractivity contribution >= 4 is 29.1 Å². The Labute approximate surface area is 89.3 Å². The van der Waals surface area contributed by atoms with E-state index in [0.29, 0.717) is 10.6 Å². The summed E-state index contributed by atoms with van der Waals surface area (Å²) in [5.74, 6) is -1.80. The lowest BCUT2D eigenvalue weighted by atomic mass is 10.2. The molecule has 0 unspecified atom stereocenters. The first-order valence-electron chi connectivity index (χ1n) is 4.11. The van der Waals surface area contributed by atoms with Gasteiger partial charge in [0.25, 0.3) is 0 Å². The molecule has 1 aromatic rings. The van der Waals surface area contributed by atoms with Crippen molar-refractivity contribution in [1.29, 1.82) is 0 Å². The molecule has 6 heteroatoms. The van der Waals surface area contributed by atoms with Crippen LogP contribution in [0.4, 0.5) is 5.69 Å². The van der Waals surface area contributed by atoms with Crippen LogP contribution in [0.3, 0.4) is 0 Å². The van der Waals surface area contributed by atoms with Gasteiger partial charge < -0.3 is 5.73 Å². The maximum absolute atomic E-state index is 11.0. The largest absolute Gasteiger partial charge is 0.397 e. The molecule has 2 amide bonds. The average molecular weight is 224 g/mol. The fourth-order valence-electron chi connectivity index (χ4n) is 1.29. The number of hydrogen-bond donors (Lipinski definition) is 1. The molecule has 1 aliphatic rings. The van der Waals surface area contributed by atoms with Crippen LogP contribution in [0, 0.1) is 6.92 Å². The summed E-state index contributed by atoms with van der Waals surface area (Å²) < 4.78 is 0. The van der Waals surface area contributed by atoms with Crippen LogP contribution in [0.25, 0.3) is 0 Å². The van der Waals surface area contributed by atoms with Gasteiger partial charge >= 0.3 is 11.8 Å². The molecule has 0 aromatic heterocycles. The molecule has 1 aromatic carbocycles. The first kappa shape index (κ1) is 9.79. The van der Waals surface area contributed by atoms with Crippen LogP contribution < -0.4 is 16.4 Å². The molecule has 5 nitrogen and oxygen atoms in total. The summed E-state index contributed by atoms with van der Waals surface area (Å²) in [5.41, 5.74) is 6.45. The van der Waals surface area contributed by atoms with Gasteiger partial charge in [-0.25, -0.2) is 9.98 Å². The lowest BCUT2D eigenvalue weighted by molar-refractivity contribution is -0.135. The Kier molecular flexibility index (Phi) is 2.04.